The lowest BCUT2D eigenvalue weighted by Gasteiger charge is -2.29. The lowest BCUT2D eigenvalue weighted by molar-refractivity contribution is 1.30. The third-order valence-corrected chi connectivity index (χ3v) is 11.1. The molecule has 0 aliphatic rings. The predicted octanol–water partition coefficient (Wildman–Crippen LogP) is 14.9. The van der Waals surface area contributed by atoms with E-state index in [0.29, 0.717) is 0 Å². The molecule has 250 valence electrons. The molecule has 0 radical (unpaired) electrons. The van der Waals surface area contributed by atoms with Crippen molar-refractivity contribution in [1.82, 2.24) is 0 Å². The minimum absolute atomic E-state index is 1.12. The summed E-state index contributed by atoms with van der Waals surface area (Å²) in [5.41, 5.74) is 11.0. The van der Waals surface area contributed by atoms with Gasteiger partial charge in [0.25, 0.3) is 0 Å². The zero-order chi connectivity index (χ0) is 35.5. The van der Waals surface area contributed by atoms with E-state index < -0.39 is 0 Å². The van der Waals surface area contributed by atoms with Gasteiger partial charge in [-0.25, -0.2) is 0 Å². The number of aryl methyl sites for hydroxylation is 2. The van der Waals surface area contributed by atoms with E-state index in [0.717, 1.165) is 5.69 Å². The second-order valence-electron chi connectivity index (χ2n) is 14.1. The molecule has 0 amide bonds. The van der Waals surface area contributed by atoms with Crippen LogP contribution in [0.15, 0.2) is 188 Å². The first-order valence-corrected chi connectivity index (χ1v) is 18.4. The highest BCUT2D eigenvalue weighted by atomic mass is 15.1. The van der Waals surface area contributed by atoms with E-state index in [1.807, 2.05) is 0 Å². The molecule has 1 heteroatoms. The Kier molecular flexibility index (Phi) is 7.33. The summed E-state index contributed by atoms with van der Waals surface area (Å²) < 4.78 is 0. The molecule has 0 bridgehead atoms. The fourth-order valence-corrected chi connectivity index (χ4v) is 8.62. The number of hydrogen-bond donors (Lipinski definition) is 0. The van der Waals surface area contributed by atoms with Gasteiger partial charge in [-0.3, -0.25) is 0 Å². The van der Waals surface area contributed by atoms with Gasteiger partial charge in [-0.2, -0.15) is 0 Å². The maximum absolute atomic E-state index is 2.45. The van der Waals surface area contributed by atoms with Crippen LogP contribution in [-0.2, 0) is 0 Å². The van der Waals surface area contributed by atoms with Crippen molar-refractivity contribution < 1.29 is 0 Å². The molecule has 0 fully saturated rings. The molecule has 0 aromatic heterocycles. The van der Waals surface area contributed by atoms with Crippen LogP contribution in [0.2, 0.25) is 0 Å². The molecule has 0 unspecified atom stereocenters. The zero-order valence-corrected chi connectivity index (χ0v) is 29.8. The van der Waals surface area contributed by atoms with Crippen molar-refractivity contribution >= 4 is 70.9 Å². The van der Waals surface area contributed by atoms with Gasteiger partial charge in [-0.15, -0.1) is 0 Å². The van der Waals surface area contributed by atoms with E-state index in [2.05, 4.69) is 207 Å². The van der Waals surface area contributed by atoms with Crippen LogP contribution < -0.4 is 4.90 Å². The molecule has 0 aliphatic heterocycles. The van der Waals surface area contributed by atoms with Crippen LogP contribution in [0.25, 0.3) is 76.1 Å². The third kappa shape index (κ3) is 5.00. The summed E-state index contributed by atoms with van der Waals surface area (Å²) in [6.07, 6.45) is 0. The van der Waals surface area contributed by atoms with E-state index in [9.17, 15) is 0 Å². The Balaban J connectivity index is 1.21. The fraction of sp³-hybridized carbons (Fsp3) is 0.0385. The molecular formula is C52H37N. The van der Waals surface area contributed by atoms with Crippen LogP contribution in [0.1, 0.15) is 11.1 Å². The second-order valence-corrected chi connectivity index (χ2v) is 14.1. The fourth-order valence-electron chi connectivity index (χ4n) is 8.62. The Hall–Kier alpha value is -6.70. The molecule has 0 spiro atoms. The summed E-state index contributed by atoms with van der Waals surface area (Å²) in [4.78, 5) is 2.45. The SMILES string of the molecule is Cc1ccc(N(c2ccc(-c3c4ccccc4c(-c4cccc5ccccc45)c4ccccc34)cc2)c2ccc(C)c3ccccc23)c2ccccc12. The molecule has 0 aliphatic carbocycles. The molecule has 10 aromatic rings. The molecule has 0 heterocycles. The molecule has 0 N–H and O–H groups in total. The summed E-state index contributed by atoms with van der Waals surface area (Å²) in [5.74, 6) is 0. The van der Waals surface area contributed by atoms with Crippen LogP contribution in [0, 0.1) is 13.8 Å². The van der Waals surface area contributed by atoms with Gasteiger partial charge in [0.1, 0.15) is 0 Å². The van der Waals surface area contributed by atoms with Crippen LogP contribution in [0.5, 0.6) is 0 Å². The molecule has 10 rings (SSSR count). The summed E-state index contributed by atoms with van der Waals surface area (Å²) in [6.45, 7) is 4.40. The normalized spacial score (nSPS) is 11.6. The van der Waals surface area contributed by atoms with E-state index in [4.69, 9.17) is 0 Å². The summed E-state index contributed by atoms with van der Waals surface area (Å²) in [7, 11) is 0. The standard InChI is InChI=1S/C52H37N/c1-34-26-32-49(42-19-7-5-16-39(34)42)53(50-33-27-35(2)40-17-6-8-20-43(40)50)38-30-28-37(29-31-38)51-45-21-9-11-23-47(45)52(48-24-12-10-22-46(48)51)44-25-13-15-36-14-3-4-18-41(36)44/h3-33H,1-2H3. The molecule has 1 nitrogen and oxygen atoms in total. The first kappa shape index (κ1) is 31.1. The van der Waals surface area contributed by atoms with Crippen molar-refractivity contribution in [2.24, 2.45) is 0 Å². The Bertz CT molecular complexity index is 2880. The average Bonchev–Trinajstić information content (AvgIpc) is 3.22. The van der Waals surface area contributed by atoms with Gasteiger partial charge in [0.05, 0.1) is 11.4 Å². The highest BCUT2D eigenvalue weighted by molar-refractivity contribution is 6.23. The minimum atomic E-state index is 1.12. The topological polar surface area (TPSA) is 3.24 Å². The lowest BCUT2D eigenvalue weighted by atomic mass is 9.84. The van der Waals surface area contributed by atoms with Gasteiger partial charge in [0.15, 0.2) is 0 Å². The molecule has 10 aromatic carbocycles. The van der Waals surface area contributed by atoms with Gasteiger partial charge in [0.2, 0.25) is 0 Å². The van der Waals surface area contributed by atoms with Crippen LogP contribution >= 0.6 is 0 Å². The van der Waals surface area contributed by atoms with Crippen molar-refractivity contribution in [3.8, 4) is 22.3 Å². The Morgan fingerprint density at radius 2 is 0.717 bits per heavy atom. The average molecular weight is 676 g/mol. The van der Waals surface area contributed by atoms with E-state index in [1.165, 1.54) is 98.6 Å². The Labute approximate surface area is 310 Å². The molecule has 53 heavy (non-hydrogen) atoms. The van der Waals surface area contributed by atoms with Crippen molar-refractivity contribution in [2.45, 2.75) is 13.8 Å². The van der Waals surface area contributed by atoms with E-state index in [-0.39, 0.29) is 0 Å². The summed E-state index contributed by atoms with van der Waals surface area (Å²) in [6, 6.07) is 69.2. The van der Waals surface area contributed by atoms with E-state index in [1.54, 1.807) is 0 Å². The molecular weight excluding hydrogens is 639 g/mol. The highest BCUT2D eigenvalue weighted by Gasteiger charge is 2.21. The number of nitrogens with zero attached hydrogens (tertiary/aromatic N) is 1. The number of fused-ring (bicyclic) bond motifs is 5. The Morgan fingerprint density at radius 1 is 0.302 bits per heavy atom. The minimum Gasteiger partial charge on any atom is -0.309 e. The summed E-state index contributed by atoms with van der Waals surface area (Å²) in [5, 5.41) is 12.6. The molecule has 0 saturated carbocycles. The van der Waals surface area contributed by atoms with Crippen molar-refractivity contribution in [2.75, 3.05) is 4.90 Å². The zero-order valence-electron chi connectivity index (χ0n) is 29.8. The van der Waals surface area contributed by atoms with Gasteiger partial charge >= 0.3 is 0 Å². The number of hydrogen-bond acceptors (Lipinski definition) is 1. The number of benzene rings is 10. The van der Waals surface area contributed by atoms with Crippen LogP contribution in [0.4, 0.5) is 17.1 Å². The van der Waals surface area contributed by atoms with Crippen molar-refractivity contribution in [3.05, 3.63) is 199 Å². The van der Waals surface area contributed by atoms with Crippen molar-refractivity contribution in [3.63, 3.8) is 0 Å². The van der Waals surface area contributed by atoms with Crippen LogP contribution in [0.3, 0.4) is 0 Å². The molecule has 0 atom stereocenters. The largest absolute Gasteiger partial charge is 0.309 e. The Morgan fingerprint density at radius 3 is 1.25 bits per heavy atom. The van der Waals surface area contributed by atoms with Gasteiger partial charge in [-0.1, -0.05) is 164 Å². The first-order chi connectivity index (χ1) is 26.2. The van der Waals surface area contributed by atoms with Gasteiger partial charge < -0.3 is 4.90 Å². The smallest absolute Gasteiger partial charge is 0.0540 e. The first-order valence-electron chi connectivity index (χ1n) is 18.4. The van der Waals surface area contributed by atoms with Crippen molar-refractivity contribution in [1.29, 1.82) is 0 Å². The van der Waals surface area contributed by atoms with Gasteiger partial charge in [-0.05, 0) is 115 Å². The monoisotopic (exact) mass is 675 g/mol. The maximum Gasteiger partial charge on any atom is 0.0540 e. The molecule has 0 saturated heterocycles. The second kappa shape index (κ2) is 12.5. The number of rotatable bonds is 5. The predicted molar refractivity (Wildman–Crippen MR) is 229 cm³/mol. The maximum atomic E-state index is 2.45. The third-order valence-electron chi connectivity index (χ3n) is 11.1. The number of anilines is 3. The lowest BCUT2D eigenvalue weighted by Crippen LogP contribution is -2.11. The van der Waals surface area contributed by atoms with E-state index >= 15 is 0 Å². The van der Waals surface area contributed by atoms with Crippen LogP contribution in [-0.4, -0.2) is 0 Å². The van der Waals surface area contributed by atoms with Gasteiger partial charge in [0, 0.05) is 16.5 Å². The quantitative estimate of drug-likeness (QED) is 0.164. The highest BCUT2D eigenvalue weighted by Crippen LogP contribution is 2.47. The summed E-state index contributed by atoms with van der Waals surface area (Å²) >= 11 is 0.